The smallest absolute Gasteiger partial charge is 0.147 e. The molecule has 1 aromatic heterocycles. The summed E-state index contributed by atoms with van der Waals surface area (Å²) < 4.78 is 0. The highest BCUT2D eigenvalue weighted by Crippen LogP contribution is 2.29. The zero-order chi connectivity index (χ0) is 13.2. The van der Waals surface area contributed by atoms with Gasteiger partial charge in [-0.05, 0) is 31.0 Å². The number of halogens is 2. The second kappa shape index (κ2) is 5.86. The average Bonchev–Trinajstić information content (AvgIpc) is 2.46. The summed E-state index contributed by atoms with van der Waals surface area (Å²) in [6.45, 7) is 4.45. The number of aromatic nitrogens is 1. The first-order valence-corrected chi connectivity index (χ1v) is 7.88. The molecule has 2 aliphatic rings. The van der Waals surface area contributed by atoms with E-state index in [-0.39, 0.29) is 0 Å². The van der Waals surface area contributed by atoms with Crippen LogP contribution in [0.1, 0.15) is 24.8 Å². The fourth-order valence-corrected chi connectivity index (χ4v) is 3.58. The largest absolute Gasteiger partial charge is 0.353 e. The Morgan fingerprint density at radius 3 is 2.95 bits per heavy atom. The number of nitrogens with zero attached hydrogens (tertiary/aromatic N) is 3. The Balaban J connectivity index is 1.75. The zero-order valence-electron chi connectivity index (χ0n) is 11.0. The fraction of sp³-hybridized carbons (Fsp3) is 0.643. The van der Waals surface area contributed by atoms with Gasteiger partial charge in [0.25, 0.3) is 0 Å². The minimum atomic E-state index is 0.462. The lowest BCUT2D eigenvalue weighted by molar-refractivity contribution is 0.133. The van der Waals surface area contributed by atoms with E-state index in [4.69, 9.17) is 23.2 Å². The molecule has 1 atom stereocenters. The lowest BCUT2D eigenvalue weighted by atomic mass is 9.99. The van der Waals surface area contributed by atoms with E-state index in [2.05, 4.69) is 14.8 Å². The van der Waals surface area contributed by atoms with Gasteiger partial charge in [0.05, 0.1) is 5.02 Å². The van der Waals surface area contributed by atoms with Crippen molar-refractivity contribution in [3.8, 4) is 0 Å². The average molecular weight is 300 g/mol. The monoisotopic (exact) mass is 299 g/mol. The maximum Gasteiger partial charge on any atom is 0.147 e. The number of pyridine rings is 1. The number of anilines is 1. The van der Waals surface area contributed by atoms with E-state index in [1.165, 1.54) is 25.8 Å². The van der Waals surface area contributed by atoms with Crippen LogP contribution in [0, 0.1) is 0 Å². The van der Waals surface area contributed by atoms with Crippen molar-refractivity contribution in [3.05, 3.63) is 22.8 Å². The summed E-state index contributed by atoms with van der Waals surface area (Å²) in [6, 6.07) is 2.61. The van der Waals surface area contributed by atoms with Crippen molar-refractivity contribution in [1.82, 2.24) is 9.88 Å². The summed E-state index contributed by atoms with van der Waals surface area (Å²) >= 11 is 12.1. The van der Waals surface area contributed by atoms with Gasteiger partial charge in [-0.2, -0.15) is 0 Å². The quantitative estimate of drug-likeness (QED) is 0.782. The van der Waals surface area contributed by atoms with Crippen LogP contribution in [0.5, 0.6) is 0 Å². The Morgan fingerprint density at radius 2 is 2.16 bits per heavy atom. The SMILES string of the molecule is ClCc1cnc(N2CCN3CCCCC3C2)c(Cl)c1. The predicted octanol–water partition coefficient (Wildman–Crippen LogP) is 3.15. The summed E-state index contributed by atoms with van der Waals surface area (Å²) in [5.74, 6) is 1.38. The molecular formula is C14H19Cl2N3. The summed E-state index contributed by atoms with van der Waals surface area (Å²) in [5, 5.41) is 0.724. The summed E-state index contributed by atoms with van der Waals surface area (Å²) in [6.07, 6.45) is 5.83. The molecule has 5 heteroatoms. The second-order valence-corrected chi connectivity index (χ2v) is 6.09. The van der Waals surface area contributed by atoms with Crippen LogP contribution in [-0.4, -0.2) is 42.1 Å². The van der Waals surface area contributed by atoms with Gasteiger partial charge < -0.3 is 4.90 Å². The molecule has 1 aromatic rings. The van der Waals surface area contributed by atoms with E-state index in [1.807, 2.05) is 12.3 Å². The molecule has 0 amide bonds. The first-order valence-electron chi connectivity index (χ1n) is 6.97. The van der Waals surface area contributed by atoms with Crippen LogP contribution in [-0.2, 0) is 5.88 Å². The standard InChI is InChI=1S/C14H19Cl2N3/c15-8-11-7-13(16)14(17-9-11)19-6-5-18-4-2-1-3-12(18)10-19/h7,9,12H,1-6,8,10H2. The predicted molar refractivity (Wildman–Crippen MR) is 80.2 cm³/mol. The molecule has 1 unspecified atom stereocenters. The molecule has 0 bridgehead atoms. The van der Waals surface area contributed by atoms with E-state index in [9.17, 15) is 0 Å². The molecule has 0 saturated carbocycles. The van der Waals surface area contributed by atoms with Crippen molar-refractivity contribution in [2.75, 3.05) is 31.1 Å². The van der Waals surface area contributed by atoms with Crippen LogP contribution in [0.25, 0.3) is 0 Å². The highest BCUT2D eigenvalue weighted by molar-refractivity contribution is 6.33. The Hall–Kier alpha value is -0.510. The molecular weight excluding hydrogens is 281 g/mol. The van der Waals surface area contributed by atoms with E-state index in [0.29, 0.717) is 11.9 Å². The van der Waals surface area contributed by atoms with Crippen molar-refractivity contribution in [3.63, 3.8) is 0 Å². The van der Waals surface area contributed by atoms with Gasteiger partial charge in [-0.3, -0.25) is 4.90 Å². The fourth-order valence-electron chi connectivity index (χ4n) is 3.12. The van der Waals surface area contributed by atoms with E-state index in [1.54, 1.807) is 0 Å². The third kappa shape index (κ3) is 2.83. The summed E-state index contributed by atoms with van der Waals surface area (Å²) in [4.78, 5) is 9.44. The molecule has 104 valence electrons. The highest BCUT2D eigenvalue weighted by atomic mass is 35.5. The van der Waals surface area contributed by atoms with E-state index >= 15 is 0 Å². The maximum absolute atomic E-state index is 6.34. The van der Waals surface area contributed by atoms with Crippen molar-refractivity contribution < 1.29 is 0 Å². The van der Waals surface area contributed by atoms with Crippen LogP contribution in [0.4, 0.5) is 5.82 Å². The minimum Gasteiger partial charge on any atom is -0.353 e. The van der Waals surface area contributed by atoms with E-state index < -0.39 is 0 Å². The number of fused-ring (bicyclic) bond motifs is 1. The van der Waals surface area contributed by atoms with Crippen molar-refractivity contribution in [1.29, 1.82) is 0 Å². The lowest BCUT2D eigenvalue weighted by Crippen LogP contribution is -2.55. The minimum absolute atomic E-state index is 0.462. The first kappa shape index (κ1) is 13.5. The molecule has 2 aliphatic heterocycles. The number of hydrogen-bond acceptors (Lipinski definition) is 3. The maximum atomic E-state index is 6.34. The zero-order valence-corrected chi connectivity index (χ0v) is 12.5. The number of piperazine rings is 1. The van der Waals surface area contributed by atoms with Gasteiger partial charge >= 0.3 is 0 Å². The molecule has 3 nitrogen and oxygen atoms in total. The van der Waals surface area contributed by atoms with Gasteiger partial charge in [0, 0.05) is 37.8 Å². The number of hydrogen-bond donors (Lipinski definition) is 0. The Bertz CT molecular complexity index is 452. The molecule has 0 spiro atoms. The van der Waals surface area contributed by atoms with Crippen molar-refractivity contribution >= 4 is 29.0 Å². The second-order valence-electron chi connectivity index (χ2n) is 5.41. The third-order valence-electron chi connectivity index (χ3n) is 4.17. The number of alkyl halides is 1. The Morgan fingerprint density at radius 1 is 1.26 bits per heavy atom. The molecule has 2 saturated heterocycles. The van der Waals surface area contributed by atoms with Crippen LogP contribution in [0.2, 0.25) is 5.02 Å². The molecule has 3 heterocycles. The van der Waals surface area contributed by atoms with Crippen LogP contribution < -0.4 is 4.90 Å². The van der Waals surface area contributed by atoms with Crippen molar-refractivity contribution in [2.24, 2.45) is 0 Å². The molecule has 0 radical (unpaired) electrons. The molecule has 2 fully saturated rings. The van der Waals surface area contributed by atoms with Crippen molar-refractivity contribution in [2.45, 2.75) is 31.2 Å². The molecule has 3 rings (SSSR count). The van der Waals surface area contributed by atoms with Crippen LogP contribution >= 0.6 is 23.2 Å². The molecule has 19 heavy (non-hydrogen) atoms. The number of rotatable bonds is 2. The van der Waals surface area contributed by atoms with E-state index in [0.717, 1.165) is 36.0 Å². The van der Waals surface area contributed by atoms with Gasteiger partial charge in [-0.25, -0.2) is 4.98 Å². The molecule has 0 aliphatic carbocycles. The topological polar surface area (TPSA) is 19.4 Å². The van der Waals surface area contributed by atoms with Crippen LogP contribution in [0.3, 0.4) is 0 Å². The third-order valence-corrected chi connectivity index (χ3v) is 4.76. The van der Waals surface area contributed by atoms with Gasteiger partial charge in [0.2, 0.25) is 0 Å². The molecule has 0 aromatic carbocycles. The number of piperidine rings is 1. The van der Waals surface area contributed by atoms with Gasteiger partial charge in [0.1, 0.15) is 5.82 Å². The van der Waals surface area contributed by atoms with Gasteiger partial charge in [-0.15, -0.1) is 11.6 Å². The van der Waals surface area contributed by atoms with Gasteiger partial charge in [0.15, 0.2) is 0 Å². The Kier molecular flexibility index (Phi) is 4.15. The molecule has 0 N–H and O–H groups in total. The highest BCUT2D eigenvalue weighted by Gasteiger charge is 2.30. The van der Waals surface area contributed by atoms with Gasteiger partial charge in [-0.1, -0.05) is 18.0 Å². The Labute approximate surface area is 124 Å². The summed E-state index contributed by atoms with van der Waals surface area (Å²) in [5.41, 5.74) is 0.978. The van der Waals surface area contributed by atoms with Crippen LogP contribution in [0.15, 0.2) is 12.3 Å². The first-order chi connectivity index (χ1) is 9.28. The lowest BCUT2D eigenvalue weighted by Gasteiger charge is -2.44. The summed E-state index contributed by atoms with van der Waals surface area (Å²) in [7, 11) is 0. The normalized spacial score (nSPS) is 24.3.